The van der Waals surface area contributed by atoms with Gasteiger partial charge in [-0.25, -0.2) is 8.78 Å². The number of fused-ring (bicyclic) bond motifs is 1. The molecule has 2 aliphatic rings. The fourth-order valence-electron chi connectivity index (χ4n) is 5.94. The number of anilines is 1. The molecule has 5 rings (SSSR count). The van der Waals surface area contributed by atoms with E-state index < -0.39 is 0 Å². The summed E-state index contributed by atoms with van der Waals surface area (Å²) >= 11 is 0. The van der Waals surface area contributed by atoms with Crippen LogP contribution in [0.4, 0.5) is 14.5 Å². The van der Waals surface area contributed by atoms with Crippen molar-refractivity contribution in [1.29, 1.82) is 0 Å². The number of benzene rings is 2. The summed E-state index contributed by atoms with van der Waals surface area (Å²) in [5.41, 5.74) is 3.05. The topological polar surface area (TPSA) is 45.2 Å². The number of rotatable bonds is 5. The number of amides is 1. The first-order valence-electron chi connectivity index (χ1n) is 12.8. The van der Waals surface area contributed by atoms with Gasteiger partial charge in [0.05, 0.1) is 5.52 Å². The van der Waals surface area contributed by atoms with Crippen LogP contribution in [0.25, 0.3) is 10.9 Å². The van der Waals surface area contributed by atoms with E-state index in [9.17, 15) is 13.6 Å². The van der Waals surface area contributed by atoms with Crippen molar-refractivity contribution in [3.8, 4) is 0 Å². The van der Waals surface area contributed by atoms with Gasteiger partial charge in [-0.3, -0.25) is 9.78 Å². The Balaban J connectivity index is 1.12. The lowest BCUT2D eigenvalue weighted by Crippen LogP contribution is -2.45. The molecule has 0 spiro atoms. The number of nitrogens with one attached hydrogen (secondary N) is 1. The first-order chi connectivity index (χ1) is 17.0. The maximum Gasteiger partial charge on any atom is 0.223 e. The van der Waals surface area contributed by atoms with Gasteiger partial charge in [0.15, 0.2) is 0 Å². The molecule has 1 N–H and O–H groups in total. The minimum Gasteiger partial charge on any atom is -0.371 e. The van der Waals surface area contributed by atoms with Crippen LogP contribution in [0.2, 0.25) is 0 Å². The van der Waals surface area contributed by atoms with E-state index in [1.54, 1.807) is 24.3 Å². The molecule has 0 radical (unpaired) electrons. The van der Waals surface area contributed by atoms with Crippen LogP contribution in [-0.4, -0.2) is 30.0 Å². The van der Waals surface area contributed by atoms with Crippen LogP contribution in [0.15, 0.2) is 54.7 Å². The maximum atomic E-state index is 13.9. The predicted molar refractivity (Wildman–Crippen MR) is 135 cm³/mol. The van der Waals surface area contributed by atoms with E-state index >= 15 is 0 Å². The molecule has 3 aromatic rings. The molecular weight excluding hydrogens is 444 g/mol. The van der Waals surface area contributed by atoms with Crippen molar-refractivity contribution in [3.63, 3.8) is 0 Å². The minimum atomic E-state index is -0.228. The lowest BCUT2D eigenvalue weighted by molar-refractivity contribution is -0.126. The first-order valence-corrected chi connectivity index (χ1v) is 12.8. The molecular formula is C29H33F2N3O. The van der Waals surface area contributed by atoms with Gasteiger partial charge in [-0.05, 0) is 111 Å². The molecule has 1 aliphatic carbocycles. The summed E-state index contributed by atoms with van der Waals surface area (Å²) in [5.74, 6) is 0.600. The Kier molecular flexibility index (Phi) is 6.98. The third kappa shape index (κ3) is 5.31. The Morgan fingerprint density at radius 1 is 0.943 bits per heavy atom. The summed E-state index contributed by atoms with van der Waals surface area (Å²) in [6.45, 7) is 3.75. The SMILES string of the molecule is C[C@@H](NC(=O)C1CCN(c2ccc(F)cc2)CC1)[C@H]1CC[C@@H](c2ccnc3ccc(F)cc32)CC1. The number of hydrogen-bond donors (Lipinski definition) is 1. The molecule has 6 heteroatoms. The van der Waals surface area contributed by atoms with Gasteiger partial charge in [0.25, 0.3) is 0 Å². The third-order valence-corrected chi connectivity index (χ3v) is 8.08. The Hall–Kier alpha value is -3.02. The second-order valence-corrected chi connectivity index (χ2v) is 10.2. The van der Waals surface area contributed by atoms with Crippen molar-refractivity contribution in [1.82, 2.24) is 10.3 Å². The van der Waals surface area contributed by atoms with Crippen LogP contribution in [0, 0.1) is 23.5 Å². The van der Waals surface area contributed by atoms with Gasteiger partial charge in [-0.2, -0.15) is 0 Å². The van der Waals surface area contributed by atoms with Crippen LogP contribution in [0.1, 0.15) is 56.9 Å². The summed E-state index contributed by atoms with van der Waals surface area (Å²) in [7, 11) is 0. The fraction of sp³-hybridized carbons (Fsp3) is 0.448. The zero-order valence-electron chi connectivity index (χ0n) is 20.2. The van der Waals surface area contributed by atoms with Crippen LogP contribution in [0.3, 0.4) is 0 Å². The predicted octanol–water partition coefficient (Wildman–Crippen LogP) is 6.21. The zero-order valence-corrected chi connectivity index (χ0v) is 20.2. The molecule has 1 saturated carbocycles. The Morgan fingerprint density at radius 3 is 2.34 bits per heavy atom. The van der Waals surface area contributed by atoms with Crippen molar-refractivity contribution in [2.45, 2.75) is 57.4 Å². The highest BCUT2D eigenvalue weighted by Crippen LogP contribution is 2.39. The van der Waals surface area contributed by atoms with Crippen molar-refractivity contribution >= 4 is 22.5 Å². The van der Waals surface area contributed by atoms with Crippen molar-refractivity contribution in [3.05, 3.63) is 71.9 Å². The second-order valence-electron chi connectivity index (χ2n) is 10.2. The van der Waals surface area contributed by atoms with E-state index in [1.807, 2.05) is 12.3 Å². The number of carbonyl (C=O) groups is 1. The lowest BCUT2D eigenvalue weighted by Gasteiger charge is -2.36. The Morgan fingerprint density at radius 2 is 1.63 bits per heavy atom. The lowest BCUT2D eigenvalue weighted by atomic mass is 9.75. The first kappa shape index (κ1) is 23.7. The highest BCUT2D eigenvalue weighted by molar-refractivity contribution is 5.82. The Labute approximate surface area is 205 Å². The molecule has 184 valence electrons. The van der Waals surface area contributed by atoms with E-state index in [-0.39, 0.29) is 29.5 Å². The van der Waals surface area contributed by atoms with E-state index in [2.05, 4.69) is 22.1 Å². The zero-order chi connectivity index (χ0) is 24.4. The van der Waals surface area contributed by atoms with Crippen LogP contribution in [0.5, 0.6) is 0 Å². The van der Waals surface area contributed by atoms with Gasteiger partial charge in [-0.15, -0.1) is 0 Å². The number of hydrogen-bond acceptors (Lipinski definition) is 3. The molecule has 1 amide bonds. The molecule has 1 saturated heterocycles. The molecule has 2 fully saturated rings. The van der Waals surface area contributed by atoms with Gasteiger partial charge < -0.3 is 10.2 Å². The van der Waals surface area contributed by atoms with Gasteiger partial charge in [-0.1, -0.05) is 0 Å². The molecule has 0 bridgehead atoms. The molecule has 1 aromatic heterocycles. The number of nitrogens with zero attached hydrogens (tertiary/aromatic N) is 2. The molecule has 1 aliphatic heterocycles. The molecule has 4 nitrogen and oxygen atoms in total. The van der Waals surface area contributed by atoms with Gasteiger partial charge in [0.2, 0.25) is 5.91 Å². The largest absolute Gasteiger partial charge is 0.371 e. The molecule has 0 unspecified atom stereocenters. The number of pyridine rings is 1. The number of halogens is 2. The summed E-state index contributed by atoms with van der Waals surface area (Å²) in [6.07, 6.45) is 7.63. The Bertz CT molecular complexity index is 1170. The number of aromatic nitrogens is 1. The van der Waals surface area contributed by atoms with E-state index in [0.717, 1.165) is 68.2 Å². The van der Waals surface area contributed by atoms with Crippen LogP contribution < -0.4 is 10.2 Å². The normalized spacial score (nSPS) is 22.2. The van der Waals surface area contributed by atoms with Gasteiger partial charge >= 0.3 is 0 Å². The third-order valence-electron chi connectivity index (χ3n) is 8.08. The van der Waals surface area contributed by atoms with E-state index in [4.69, 9.17) is 0 Å². The van der Waals surface area contributed by atoms with Crippen LogP contribution in [-0.2, 0) is 4.79 Å². The van der Waals surface area contributed by atoms with Gasteiger partial charge in [0.1, 0.15) is 11.6 Å². The molecule has 35 heavy (non-hydrogen) atoms. The number of piperidine rings is 1. The average molecular weight is 478 g/mol. The second kappa shape index (κ2) is 10.3. The molecule has 2 aromatic carbocycles. The summed E-state index contributed by atoms with van der Waals surface area (Å²) in [4.78, 5) is 19.6. The maximum absolute atomic E-state index is 13.9. The standard InChI is InChI=1S/C29H33F2N3O/c1-19(33-29(35)22-13-16-34(17-14-22)25-9-6-23(30)7-10-25)20-2-4-21(5-3-20)26-12-15-32-28-11-8-24(31)18-27(26)28/h6-12,15,18-22H,2-5,13-14,16-17H2,1H3,(H,33,35)/t19-,20-,21+/m1/s1. The smallest absolute Gasteiger partial charge is 0.223 e. The summed E-state index contributed by atoms with van der Waals surface area (Å²) in [6, 6.07) is 13.6. The van der Waals surface area contributed by atoms with E-state index in [1.165, 1.54) is 23.8 Å². The van der Waals surface area contributed by atoms with Crippen molar-refractivity contribution in [2.24, 2.45) is 11.8 Å². The van der Waals surface area contributed by atoms with Crippen molar-refractivity contribution < 1.29 is 13.6 Å². The summed E-state index contributed by atoms with van der Waals surface area (Å²) < 4.78 is 27.1. The molecule has 2 heterocycles. The highest BCUT2D eigenvalue weighted by atomic mass is 19.1. The van der Waals surface area contributed by atoms with Crippen LogP contribution >= 0.6 is 0 Å². The average Bonchev–Trinajstić information content (AvgIpc) is 2.89. The number of carbonyl (C=O) groups excluding carboxylic acids is 1. The highest BCUT2D eigenvalue weighted by Gasteiger charge is 2.30. The molecule has 1 atom stereocenters. The monoisotopic (exact) mass is 477 g/mol. The quantitative estimate of drug-likeness (QED) is 0.475. The summed E-state index contributed by atoms with van der Waals surface area (Å²) in [5, 5.41) is 4.23. The van der Waals surface area contributed by atoms with Gasteiger partial charge in [0, 0.05) is 42.3 Å². The van der Waals surface area contributed by atoms with E-state index in [0.29, 0.717) is 11.8 Å². The fourth-order valence-corrected chi connectivity index (χ4v) is 5.94. The van der Waals surface area contributed by atoms with Crippen molar-refractivity contribution in [2.75, 3.05) is 18.0 Å². The minimum absolute atomic E-state index is 0.0311.